The molecule has 0 aliphatic carbocycles. The van der Waals surface area contributed by atoms with Crippen molar-refractivity contribution in [2.24, 2.45) is 0 Å². The Balaban J connectivity index is 2.06. The van der Waals surface area contributed by atoms with E-state index in [0.717, 1.165) is 6.42 Å². The Labute approximate surface area is 125 Å². The number of carboxylic acids is 1. The highest BCUT2D eigenvalue weighted by Crippen LogP contribution is 2.20. The van der Waals surface area contributed by atoms with Crippen molar-refractivity contribution in [3.8, 4) is 0 Å². The van der Waals surface area contributed by atoms with E-state index in [0.29, 0.717) is 18.7 Å². The van der Waals surface area contributed by atoms with E-state index in [-0.39, 0.29) is 17.4 Å². The number of hydrogen-bond donors (Lipinski definition) is 1. The second-order valence-corrected chi connectivity index (χ2v) is 7.49. The molecule has 6 nitrogen and oxygen atoms in total. The molecule has 1 aromatic carbocycles. The van der Waals surface area contributed by atoms with Gasteiger partial charge in [-0.2, -0.15) is 0 Å². The maximum absolute atomic E-state index is 12.4. The predicted octanol–water partition coefficient (Wildman–Crippen LogP) is 0.851. The van der Waals surface area contributed by atoms with Crippen molar-refractivity contribution in [3.05, 3.63) is 35.4 Å². The number of sulfonamides is 1. The summed E-state index contributed by atoms with van der Waals surface area (Å²) >= 11 is 0. The Morgan fingerprint density at radius 2 is 1.95 bits per heavy atom. The third-order valence-electron chi connectivity index (χ3n) is 3.80. The molecule has 7 heteroatoms. The first-order valence-corrected chi connectivity index (χ1v) is 8.37. The van der Waals surface area contributed by atoms with Crippen LogP contribution in [0, 0.1) is 0 Å². The standard InChI is InChI=1S/C14H20N2O4S/c1-15(2)13-7-8-16(9-13)21(19,20)10-11-3-5-12(6-4-11)14(17)18/h3-6,13H,7-10H2,1-2H3,(H,17,18). The molecule has 1 unspecified atom stereocenters. The number of aromatic carboxylic acids is 1. The molecule has 1 aromatic rings. The first-order valence-electron chi connectivity index (χ1n) is 6.76. The van der Waals surface area contributed by atoms with Gasteiger partial charge in [0.2, 0.25) is 10.0 Å². The molecule has 2 rings (SSSR count). The van der Waals surface area contributed by atoms with Crippen molar-refractivity contribution in [3.63, 3.8) is 0 Å². The molecule has 1 N–H and O–H groups in total. The van der Waals surface area contributed by atoms with E-state index in [2.05, 4.69) is 0 Å². The van der Waals surface area contributed by atoms with Crippen LogP contribution in [0.3, 0.4) is 0 Å². The van der Waals surface area contributed by atoms with Crippen LogP contribution in [0.2, 0.25) is 0 Å². The number of nitrogens with zero attached hydrogens (tertiary/aromatic N) is 2. The Hall–Kier alpha value is -1.44. The molecule has 0 bridgehead atoms. The molecule has 1 aliphatic heterocycles. The summed E-state index contributed by atoms with van der Waals surface area (Å²) in [5.74, 6) is -1.11. The van der Waals surface area contributed by atoms with Gasteiger partial charge in [-0.3, -0.25) is 0 Å². The van der Waals surface area contributed by atoms with Gasteiger partial charge in [0.05, 0.1) is 11.3 Å². The second-order valence-electron chi connectivity index (χ2n) is 5.52. The van der Waals surface area contributed by atoms with Crippen molar-refractivity contribution in [1.82, 2.24) is 9.21 Å². The fourth-order valence-corrected chi connectivity index (χ4v) is 4.01. The van der Waals surface area contributed by atoms with E-state index in [1.54, 1.807) is 12.1 Å². The Morgan fingerprint density at radius 1 is 1.33 bits per heavy atom. The quantitative estimate of drug-likeness (QED) is 0.872. The Bertz CT molecular complexity index is 610. The van der Waals surface area contributed by atoms with E-state index in [1.165, 1.54) is 16.4 Å². The minimum atomic E-state index is -3.35. The van der Waals surface area contributed by atoms with Crippen LogP contribution < -0.4 is 0 Å². The highest BCUT2D eigenvalue weighted by molar-refractivity contribution is 7.88. The van der Waals surface area contributed by atoms with E-state index < -0.39 is 16.0 Å². The highest BCUT2D eigenvalue weighted by Gasteiger charge is 2.32. The molecule has 21 heavy (non-hydrogen) atoms. The molecule has 1 heterocycles. The zero-order valence-corrected chi connectivity index (χ0v) is 13.0. The molecule has 0 saturated carbocycles. The van der Waals surface area contributed by atoms with Crippen LogP contribution >= 0.6 is 0 Å². The highest BCUT2D eigenvalue weighted by atomic mass is 32.2. The molecule has 0 radical (unpaired) electrons. The maximum Gasteiger partial charge on any atom is 0.335 e. The number of benzene rings is 1. The van der Waals surface area contributed by atoms with Gasteiger partial charge in [-0.05, 0) is 38.2 Å². The van der Waals surface area contributed by atoms with Gasteiger partial charge in [-0.15, -0.1) is 0 Å². The summed E-state index contributed by atoms with van der Waals surface area (Å²) in [6.45, 7) is 1.06. The SMILES string of the molecule is CN(C)C1CCN(S(=O)(=O)Cc2ccc(C(=O)O)cc2)C1. The van der Waals surface area contributed by atoms with Crippen LogP contribution in [-0.4, -0.2) is 61.9 Å². The van der Waals surface area contributed by atoms with Gasteiger partial charge < -0.3 is 10.0 Å². The normalized spacial score (nSPS) is 20.0. The molecule has 116 valence electrons. The molecule has 1 saturated heterocycles. The topological polar surface area (TPSA) is 77.9 Å². The molecule has 0 aromatic heterocycles. The van der Waals surface area contributed by atoms with Crippen LogP contribution in [0.1, 0.15) is 22.3 Å². The van der Waals surface area contributed by atoms with E-state index in [1.807, 2.05) is 19.0 Å². The Morgan fingerprint density at radius 3 is 2.43 bits per heavy atom. The number of carbonyl (C=O) groups is 1. The molecule has 1 fully saturated rings. The largest absolute Gasteiger partial charge is 0.478 e. The van der Waals surface area contributed by atoms with Gasteiger partial charge in [-0.25, -0.2) is 17.5 Å². The molecule has 1 aliphatic rings. The third-order valence-corrected chi connectivity index (χ3v) is 5.62. The lowest BCUT2D eigenvalue weighted by Gasteiger charge is -2.20. The van der Waals surface area contributed by atoms with E-state index >= 15 is 0 Å². The van der Waals surface area contributed by atoms with Crippen molar-refractivity contribution in [2.75, 3.05) is 27.2 Å². The molecular formula is C14H20N2O4S. The number of likely N-dealkylation sites (N-methyl/N-ethyl adjacent to an activating group) is 1. The second kappa shape index (κ2) is 6.13. The molecule has 0 spiro atoms. The van der Waals surface area contributed by atoms with Gasteiger partial charge in [-0.1, -0.05) is 12.1 Å². The van der Waals surface area contributed by atoms with Crippen LogP contribution in [0.4, 0.5) is 0 Å². The zero-order chi connectivity index (χ0) is 15.6. The van der Waals surface area contributed by atoms with Gasteiger partial charge in [0.25, 0.3) is 0 Å². The average Bonchev–Trinajstić information content (AvgIpc) is 2.89. The lowest BCUT2D eigenvalue weighted by atomic mass is 10.1. The van der Waals surface area contributed by atoms with Crippen LogP contribution in [0.5, 0.6) is 0 Å². The fraction of sp³-hybridized carbons (Fsp3) is 0.500. The third kappa shape index (κ3) is 3.81. The van der Waals surface area contributed by atoms with Crippen LogP contribution in [0.25, 0.3) is 0 Å². The summed E-state index contributed by atoms with van der Waals surface area (Å²) in [6.07, 6.45) is 0.837. The first kappa shape index (κ1) is 15.9. The minimum Gasteiger partial charge on any atom is -0.478 e. The summed E-state index contributed by atoms with van der Waals surface area (Å²) < 4.78 is 26.3. The summed E-state index contributed by atoms with van der Waals surface area (Å²) in [6, 6.07) is 6.23. The summed E-state index contributed by atoms with van der Waals surface area (Å²) in [4.78, 5) is 12.8. The minimum absolute atomic E-state index is 0.0902. The summed E-state index contributed by atoms with van der Waals surface area (Å²) in [5.41, 5.74) is 0.762. The summed E-state index contributed by atoms with van der Waals surface area (Å²) in [7, 11) is 0.546. The van der Waals surface area contributed by atoms with Crippen LogP contribution in [-0.2, 0) is 15.8 Å². The van der Waals surface area contributed by atoms with Gasteiger partial charge in [0.1, 0.15) is 0 Å². The zero-order valence-electron chi connectivity index (χ0n) is 12.2. The average molecular weight is 312 g/mol. The number of rotatable bonds is 5. The molecule has 0 amide bonds. The van der Waals surface area contributed by atoms with Crippen molar-refractivity contribution < 1.29 is 18.3 Å². The number of carboxylic acid groups (broad SMARTS) is 1. The number of hydrogen-bond acceptors (Lipinski definition) is 4. The van der Waals surface area contributed by atoms with Crippen molar-refractivity contribution >= 4 is 16.0 Å². The van der Waals surface area contributed by atoms with Gasteiger partial charge in [0, 0.05) is 19.1 Å². The molecule has 1 atom stereocenters. The lowest BCUT2D eigenvalue weighted by molar-refractivity contribution is 0.0697. The Kier molecular flexibility index (Phi) is 4.65. The van der Waals surface area contributed by atoms with Gasteiger partial charge in [0.15, 0.2) is 0 Å². The summed E-state index contributed by atoms with van der Waals surface area (Å²) in [5, 5.41) is 8.83. The van der Waals surface area contributed by atoms with Crippen molar-refractivity contribution in [2.45, 2.75) is 18.2 Å². The lowest BCUT2D eigenvalue weighted by Crippen LogP contribution is -2.35. The monoisotopic (exact) mass is 312 g/mol. The van der Waals surface area contributed by atoms with Crippen molar-refractivity contribution in [1.29, 1.82) is 0 Å². The van der Waals surface area contributed by atoms with Crippen LogP contribution in [0.15, 0.2) is 24.3 Å². The van der Waals surface area contributed by atoms with Gasteiger partial charge >= 0.3 is 5.97 Å². The first-order chi connectivity index (χ1) is 9.79. The smallest absolute Gasteiger partial charge is 0.335 e. The van der Waals surface area contributed by atoms with E-state index in [9.17, 15) is 13.2 Å². The fourth-order valence-electron chi connectivity index (χ4n) is 2.43. The maximum atomic E-state index is 12.4. The molecular weight excluding hydrogens is 292 g/mol. The predicted molar refractivity (Wildman–Crippen MR) is 79.7 cm³/mol. The van der Waals surface area contributed by atoms with E-state index in [4.69, 9.17) is 5.11 Å².